The highest BCUT2D eigenvalue weighted by Gasteiger charge is 2.32. The van der Waals surface area contributed by atoms with Crippen LogP contribution in [-0.2, 0) is 10.5 Å². The lowest BCUT2D eigenvalue weighted by atomic mass is 10.1. The molecular weight excluding hydrogens is 232 g/mol. The molecule has 6 heteroatoms. The van der Waals surface area contributed by atoms with Gasteiger partial charge in [-0.2, -0.15) is 0 Å². The zero-order valence-corrected chi connectivity index (χ0v) is 10.3. The molecule has 0 saturated carbocycles. The quantitative estimate of drug-likeness (QED) is 0.824. The summed E-state index contributed by atoms with van der Waals surface area (Å²) in [6, 6.07) is -0.859. The maximum absolute atomic E-state index is 10.8. The van der Waals surface area contributed by atoms with Crippen LogP contribution in [0.25, 0.3) is 0 Å². The van der Waals surface area contributed by atoms with Gasteiger partial charge < -0.3 is 10.8 Å². The summed E-state index contributed by atoms with van der Waals surface area (Å²) in [6.45, 7) is 3.67. The van der Waals surface area contributed by atoms with Gasteiger partial charge in [0.2, 0.25) is 0 Å². The topological polar surface area (TPSA) is 76.2 Å². The highest BCUT2D eigenvalue weighted by molar-refractivity contribution is 8.00. The van der Waals surface area contributed by atoms with E-state index < -0.39 is 16.8 Å². The fourth-order valence-electron chi connectivity index (χ4n) is 0.959. The van der Waals surface area contributed by atoms with Gasteiger partial charge >= 0.3 is 5.97 Å². The molecule has 0 spiro atoms. The van der Waals surface area contributed by atoms with Crippen molar-refractivity contribution < 1.29 is 9.90 Å². The third-order valence-corrected chi connectivity index (χ3v) is 4.44. The van der Waals surface area contributed by atoms with Crippen LogP contribution in [0.2, 0.25) is 0 Å². The van der Waals surface area contributed by atoms with Crippen molar-refractivity contribution in [2.75, 3.05) is 0 Å². The van der Waals surface area contributed by atoms with Gasteiger partial charge in [-0.25, -0.2) is 4.98 Å². The lowest BCUT2D eigenvalue weighted by Gasteiger charge is -2.27. The number of hydrogen-bond donors (Lipinski definition) is 2. The molecule has 3 N–H and O–H groups in total. The molecule has 0 aromatic carbocycles. The summed E-state index contributed by atoms with van der Waals surface area (Å²) >= 11 is 3.08. The maximum atomic E-state index is 10.8. The van der Waals surface area contributed by atoms with Gasteiger partial charge in [0.05, 0.1) is 0 Å². The van der Waals surface area contributed by atoms with Crippen LogP contribution in [0.3, 0.4) is 0 Å². The summed E-state index contributed by atoms with van der Waals surface area (Å²) in [5.41, 5.74) is 5.60. The normalized spacial score (nSPS) is 13.8. The van der Waals surface area contributed by atoms with Crippen LogP contribution >= 0.6 is 23.1 Å². The monoisotopic (exact) mass is 246 g/mol. The minimum atomic E-state index is -0.966. The van der Waals surface area contributed by atoms with Crippen molar-refractivity contribution in [2.45, 2.75) is 30.4 Å². The second kappa shape index (κ2) is 4.96. The molecule has 0 amide bonds. The van der Waals surface area contributed by atoms with Gasteiger partial charge in [-0.3, -0.25) is 4.79 Å². The van der Waals surface area contributed by atoms with Crippen LogP contribution in [0.15, 0.2) is 11.6 Å². The molecule has 1 aromatic heterocycles. The maximum Gasteiger partial charge on any atom is 0.321 e. The zero-order chi connectivity index (χ0) is 11.5. The molecular formula is C9H14N2O2S2. The second-order valence-electron chi connectivity index (χ2n) is 3.63. The van der Waals surface area contributed by atoms with E-state index in [1.54, 1.807) is 17.5 Å². The van der Waals surface area contributed by atoms with Crippen molar-refractivity contribution in [2.24, 2.45) is 5.73 Å². The number of carboxylic acid groups (broad SMARTS) is 1. The lowest BCUT2D eigenvalue weighted by molar-refractivity contribution is -0.139. The first-order chi connectivity index (χ1) is 6.93. The number of carbonyl (C=O) groups is 1. The Bertz CT molecular complexity index is 325. The summed E-state index contributed by atoms with van der Waals surface area (Å²) in [5, 5.41) is 11.7. The highest BCUT2D eigenvalue weighted by Crippen LogP contribution is 2.30. The molecule has 1 rings (SSSR count). The van der Waals surface area contributed by atoms with Crippen LogP contribution in [-0.4, -0.2) is 26.8 Å². The molecule has 1 atom stereocenters. The van der Waals surface area contributed by atoms with Crippen molar-refractivity contribution in [3.8, 4) is 0 Å². The van der Waals surface area contributed by atoms with Crippen LogP contribution in [0.4, 0.5) is 0 Å². The molecule has 1 aromatic rings. The number of thiazole rings is 1. The van der Waals surface area contributed by atoms with E-state index in [2.05, 4.69) is 4.98 Å². The summed E-state index contributed by atoms with van der Waals surface area (Å²) in [5.74, 6) is -0.266. The first-order valence-corrected chi connectivity index (χ1v) is 6.30. The van der Waals surface area contributed by atoms with Crippen molar-refractivity contribution >= 4 is 29.1 Å². The SMILES string of the molecule is CC(C)(SCc1nccs1)[C@H](N)C(=O)O. The molecule has 0 radical (unpaired) electrons. The van der Waals surface area contributed by atoms with Gasteiger partial charge in [-0.15, -0.1) is 23.1 Å². The molecule has 0 bridgehead atoms. The summed E-state index contributed by atoms with van der Waals surface area (Å²) in [6.07, 6.45) is 1.74. The first-order valence-electron chi connectivity index (χ1n) is 4.44. The number of thioether (sulfide) groups is 1. The average molecular weight is 246 g/mol. The largest absolute Gasteiger partial charge is 0.480 e. The second-order valence-corrected chi connectivity index (χ2v) is 6.24. The van der Waals surface area contributed by atoms with Gasteiger partial charge in [0, 0.05) is 22.1 Å². The number of aromatic nitrogens is 1. The van der Waals surface area contributed by atoms with Gasteiger partial charge in [0.1, 0.15) is 11.0 Å². The van der Waals surface area contributed by atoms with E-state index >= 15 is 0 Å². The van der Waals surface area contributed by atoms with Crippen molar-refractivity contribution in [3.63, 3.8) is 0 Å². The standard InChI is InChI=1S/C9H14N2O2S2/c1-9(2,7(10)8(12)13)15-5-6-11-3-4-14-6/h3-4,7H,5,10H2,1-2H3,(H,12,13)/t7-/m1/s1. The Kier molecular flexibility index (Phi) is 4.12. The number of aliphatic carboxylic acids is 1. The first kappa shape index (κ1) is 12.5. The van der Waals surface area contributed by atoms with E-state index in [-0.39, 0.29) is 0 Å². The number of hydrogen-bond acceptors (Lipinski definition) is 5. The fraction of sp³-hybridized carbons (Fsp3) is 0.556. The van der Waals surface area contributed by atoms with Gasteiger partial charge in [0.15, 0.2) is 0 Å². The van der Waals surface area contributed by atoms with Crippen LogP contribution in [0.5, 0.6) is 0 Å². The Morgan fingerprint density at radius 2 is 2.47 bits per heavy atom. The average Bonchev–Trinajstić information content (AvgIpc) is 2.66. The Morgan fingerprint density at radius 1 is 1.80 bits per heavy atom. The predicted octanol–water partition coefficient (Wildman–Crippen LogP) is 1.57. The van der Waals surface area contributed by atoms with Crippen molar-refractivity contribution in [1.29, 1.82) is 0 Å². The summed E-state index contributed by atoms with van der Waals surface area (Å²) in [4.78, 5) is 14.9. The Balaban J connectivity index is 2.53. The zero-order valence-electron chi connectivity index (χ0n) is 8.64. The van der Waals surface area contributed by atoms with Gasteiger partial charge in [-0.05, 0) is 13.8 Å². The molecule has 1 heterocycles. The van der Waals surface area contributed by atoms with Gasteiger partial charge in [-0.1, -0.05) is 0 Å². The highest BCUT2D eigenvalue weighted by atomic mass is 32.2. The third-order valence-electron chi connectivity index (χ3n) is 2.07. The number of nitrogens with two attached hydrogens (primary N) is 1. The summed E-state index contributed by atoms with van der Waals surface area (Å²) in [7, 11) is 0. The van der Waals surface area contributed by atoms with E-state index in [0.29, 0.717) is 5.75 Å². The minimum Gasteiger partial charge on any atom is -0.480 e. The summed E-state index contributed by atoms with van der Waals surface area (Å²) < 4.78 is -0.489. The lowest BCUT2D eigenvalue weighted by Crippen LogP contribution is -2.46. The third kappa shape index (κ3) is 3.48. The van der Waals surface area contributed by atoms with E-state index in [1.165, 1.54) is 11.8 Å². The molecule has 0 fully saturated rings. The van der Waals surface area contributed by atoms with Crippen LogP contribution in [0, 0.1) is 0 Å². The molecule has 0 saturated heterocycles. The number of rotatable bonds is 5. The number of nitrogens with zero attached hydrogens (tertiary/aromatic N) is 1. The van der Waals surface area contributed by atoms with E-state index in [9.17, 15) is 4.79 Å². The predicted molar refractivity (Wildman–Crippen MR) is 63.1 cm³/mol. The number of carboxylic acids is 1. The minimum absolute atomic E-state index is 0.489. The van der Waals surface area contributed by atoms with Crippen molar-refractivity contribution in [3.05, 3.63) is 16.6 Å². The molecule has 4 nitrogen and oxygen atoms in total. The molecule has 84 valence electrons. The molecule has 0 aliphatic rings. The fourth-order valence-corrected chi connectivity index (χ4v) is 2.66. The molecule has 0 aliphatic heterocycles. The Morgan fingerprint density at radius 3 is 2.93 bits per heavy atom. The van der Waals surface area contributed by atoms with E-state index in [1.807, 2.05) is 19.2 Å². The van der Waals surface area contributed by atoms with E-state index in [0.717, 1.165) is 5.01 Å². The molecule has 0 aliphatic carbocycles. The van der Waals surface area contributed by atoms with Crippen LogP contribution < -0.4 is 5.73 Å². The molecule has 15 heavy (non-hydrogen) atoms. The smallest absolute Gasteiger partial charge is 0.321 e. The Hall–Kier alpha value is -0.590. The van der Waals surface area contributed by atoms with Gasteiger partial charge in [0.25, 0.3) is 0 Å². The van der Waals surface area contributed by atoms with Crippen molar-refractivity contribution in [1.82, 2.24) is 4.98 Å². The Labute approximate surface area is 96.9 Å². The van der Waals surface area contributed by atoms with E-state index in [4.69, 9.17) is 10.8 Å². The van der Waals surface area contributed by atoms with Crippen LogP contribution in [0.1, 0.15) is 18.9 Å². The molecule has 0 unspecified atom stereocenters.